The molecular formula is C9H5ClF5NO2. The Morgan fingerprint density at radius 2 is 2.00 bits per heavy atom. The second kappa shape index (κ2) is 5.05. The van der Waals surface area contributed by atoms with Gasteiger partial charge in [0.1, 0.15) is 5.69 Å². The van der Waals surface area contributed by atoms with Gasteiger partial charge in [0.15, 0.2) is 0 Å². The lowest BCUT2D eigenvalue weighted by Gasteiger charge is -2.15. The van der Waals surface area contributed by atoms with Crippen molar-refractivity contribution in [1.82, 2.24) is 4.98 Å². The predicted molar refractivity (Wildman–Crippen MR) is 50.7 cm³/mol. The summed E-state index contributed by atoms with van der Waals surface area (Å²) in [6.45, 7) is 0. The molecule has 1 aromatic heterocycles. The van der Waals surface area contributed by atoms with Gasteiger partial charge in [0.2, 0.25) is 0 Å². The van der Waals surface area contributed by atoms with E-state index in [2.05, 4.69) is 4.98 Å². The van der Waals surface area contributed by atoms with Crippen LogP contribution in [-0.2, 0) is 12.1 Å². The molecule has 0 amide bonds. The summed E-state index contributed by atoms with van der Waals surface area (Å²) < 4.78 is 62.7. The van der Waals surface area contributed by atoms with Crippen LogP contribution in [0.1, 0.15) is 33.7 Å². The summed E-state index contributed by atoms with van der Waals surface area (Å²) in [7, 11) is 0. The molecule has 0 aliphatic rings. The third-order valence-electron chi connectivity index (χ3n) is 1.98. The standard InChI is InChI=1S/C9H5ClF5NO2/c10-2-5-6(9(13,14)15)3(8(17)18)1-4(16-5)7(11)12/h1,7H,2H2,(H,17,18). The van der Waals surface area contributed by atoms with Crippen molar-refractivity contribution >= 4 is 17.6 Å². The maximum atomic E-state index is 12.6. The van der Waals surface area contributed by atoms with Crippen molar-refractivity contribution in [2.75, 3.05) is 0 Å². The number of carbonyl (C=O) groups is 1. The fourth-order valence-electron chi connectivity index (χ4n) is 1.31. The molecule has 0 atom stereocenters. The molecule has 100 valence electrons. The maximum Gasteiger partial charge on any atom is 0.419 e. The number of nitrogens with zero attached hydrogens (tertiary/aromatic N) is 1. The minimum absolute atomic E-state index is 0.200. The minimum atomic E-state index is -5.04. The molecule has 9 heteroatoms. The third kappa shape index (κ3) is 2.87. The molecule has 1 heterocycles. The van der Waals surface area contributed by atoms with Gasteiger partial charge in [-0.3, -0.25) is 0 Å². The normalized spacial score (nSPS) is 11.9. The lowest BCUT2D eigenvalue weighted by atomic mass is 10.0. The van der Waals surface area contributed by atoms with Crippen molar-refractivity contribution in [1.29, 1.82) is 0 Å². The smallest absolute Gasteiger partial charge is 0.419 e. The zero-order chi connectivity index (χ0) is 14.1. The van der Waals surface area contributed by atoms with Crippen LogP contribution in [0.4, 0.5) is 22.0 Å². The first-order chi connectivity index (χ1) is 8.18. The highest BCUT2D eigenvalue weighted by Crippen LogP contribution is 2.36. The van der Waals surface area contributed by atoms with Crippen molar-refractivity contribution in [3.8, 4) is 0 Å². The Kier molecular flexibility index (Phi) is 4.10. The van der Waals surface area contributed by atoms with Gasteiger partial charge < -0.3 is 5.11 Å². The number of aromatic nitrogens is 1. The van der Waals surface area contributed by atoms with E-state index in [1.165, 1.54) is 0 Å². The molecule has 18 heavy (non-hydrogen) atoms. The van der Waals surface area contributed by atoms with Crippen molar-refractivity contribution in [3.63, 3.8) is 0 Å². The maximum absolute atomic E-state index is 12.6. The summed E-state index contributed by atoms with van der Waals surface area (Å²) >= 11 is 5.19. The molecule has 1 N–H and O–H groups in total. The van der Waals surface area contributed by atoms with Crippen LogP contribution in [0.25, 0.3) is 0 Å². The third-order valence-corrected chi connectivity index (χ3v) is 2.23. The molecule has 0 aromatic carbocycles. The van der Waals surface area contributed by atoms with E-state index in [1.807, 2.05) is 0 Å². The van der Waals surface area contributed by atoms with Crippen molar-refractivity contribution in [2.24, 2.45) is 0 Å². The molecule has 0 saturated carbocycles. The van der Waals surface area contributed by atoms with Crippen LogP contribution in [0.5, 0.6) is 0 Å². The number of alkyl halides is 6. The van der Waals surface area contributed by atoms with Gasteiger partial charge in [-0.15, -0.1) is 11.6 Å². The number of carboxylic acid groups (broad SMARTS) is 1. The van der Waals surface area contributed by atoms with Gasteiger partial charge in [-0.1, -0.05) is 0 Å². The molecule has 0 spiro atoms. The zero-order valence-electron chi connectivity index (χ0n) is 8.43. The highest BCUT2D eigenvalue weighted by molar-refractivity contribution is 6.17. The summed E-state index contributed by atoms with van der Waals surface area (Å²) in [6, 6.07) is 0.200. The number of rotatable bonds is 3. The van der Waals surface area contributed by atoms with Gasteiger partial charge in [0.25, 0.3) is 6.43 Å². The fourth-order valence-corrected chi connectivity index (χ4v) is 1.51. The van der Waals surface area contributed by atoms with Gasteiger partial charge in [0.05, 0.1) is 22.7 Å². The van der Waals surface area contributed by atoms with E-state index in [1.54, 1.807) is 0 Å². The summed E-state index contributed by atoms with van der Waals surface area (Å²) in [5, 5.41) is 8.64. The lowest BCUT2D eigenvalue weighted by Crippen LogP contribution is -2.18. The Bertz CT molecular complexity index is 475. The molecule has 0 radical (unpaired) electrons. The van der Waals surface area contributed by atoms with Crippen LogP contribution in [0.3, 0.4) is 0 Å². The summed E-state index contributed by atoms with van der Waals surface area (Å²) in [4.78, 5) is 13.7. The van der Waals surface area contributed by atoms with E-state index in [9.17, 15) is 26.7 Å². The lowest BCUT2D eigenvalue weighted by molar-refractivity contribution is -0.138. The first kappa shape index (κ1) is 14.6. The summed E-state index contributed by atoms with van der Waals surface area (Å²) in [5.41, 5.74) is -4.88. The monoisotopic (exact) mass is 289 g/mol. The average molecular weight is 290 g/mol. The van der Waals surface area contributed by atoms with E-state index >= 15 is 0 Å². The SMILES string of the molecule is O=C(O)c1cc(C(F)F)nc(CCl)c1C(F)(F)F. The highest BCUT2D eigenvalue weighted by Gasteiger charge is 2.39. The number of carboxylic acids is 1. The topological polar surface area (TPSA) is 50.2 Å². The average Bonchev–Trinajstić information content (AvgIpc) is 2.25. The van der Waals surface area contributed by atoms with E-state index in [4.69, 9.17) is 16.7 Å². The van der Waals surface area contributed by atoms with Gasteiger partial charge in [-0.05, 0) is 6.07 Å². The molecule has 0 saturated heterocycles. The van der Waals surface area contributed by atoms with Crippen LogP contribution < -0.4 is 0 Å². The minimum Gasteiger partial charge on any atom is -0.478 e. The van der Waals surface area contributed by atoms with Crippen molar-refractivity contribution < 1.29 is 31.9 Å². The van der Waals surface area contributed by atoms with Crippen molar-refractivity contribution in [2.45, 2.75) is 18.5 Å². The molecule has 1 rings (SSSR count). The van der Waals surface area contributed by atoms with Crippen LogP contribution in [0.15, 0.2) is 6.07 Å². The van der Waals surface area contributed by atoms with Gasteiger partial charge >= 0.3 is 12.1 Å². The largest absolute Gasteiger partial charge is 0.478 e. The molecule has 0 aliphatic heterocycles. The Labute approximate surface area is 102 Å². The molecule has 0 unspecified atom stereocenters. The van der Waals surface area contributed by atoms with Crippen molar-refractivity contribution in [3.05, 3.63) is 28.6 Å². The van der Waals surface area contributed by atoms with Crippen LogP contribution in [0.2, 0.25) is 0 Å². The first-order valence-corrected chi connectivity index (χ1v) is 4.90. The Morgan fingerprint density at radius 1 is 1.44 bits per heavy atom. The molecular weight excluding hydrogens is 285 g/mol. The number of aromatic carboxylic acids is 1. The summed E-state index contributed by atoms with van der Waals surface area (Å²) in [6.07, 6.45) is -8.22. The fraction of sp³-hybridized carbons (Fsp3) is 0.333. The van der Waals surface area contributed by atoms with Crippen LogP contribution in [0, 0.1) is 0 Å². The molecule has 1 aromatic rings. The van der Waals surface area contributed by atoms with E-state index < -0.39 is 47.0 Å². The van der Waals surface area contributed by atoms with Gasteiger partial charge in [-0.2, -0.15) is 13.2 Å². The highest BCUT2D eigenvalue weighted by atomic mass is 35.5. The quantitative estimate of drug-likeness (QED) is 0.684. The summed E-state index contributed by atoms with van der Waals surface area (Å²) in [5.74, 6) is -2.80. The van der Waals surface area contributed by atoms with Crippen LogP contribution >= 0.6 is 11.6 Å². The number of halogens is 6. The number of pyridine rings is 1. The first-order valence-electron chi connectivity index (χ1n) is 4.37. The Balaban J connectivity index is 3.62. The second-order valence-electron chi connectivity index (χ2n) is 3.15. The Morgan fingerprint density at radius 3 is 2.33 bits per heavy atom. The molecule has 0 aliphatic carbocycles. The molecule has 0 bridgehead atoms. The zero-order valence-corrected chi connectivity index (χ0v) is 9.19. The molecule has 0 fully saturated rings. The van der Waals surface area contributed by atoms with Crippen LogP contribution in [-0.4, -0.2) is 16.1 Å². The Hall–Kier alpha value is -1.44. The van der Waals surface area contributed by atoms with E-state index in [0.29, 0.717) is 0 Å². The van der Waals surface area contributed by atoms with E-state index in [-0.39, 0.29) is 6.07 Å². The predicted octanol–water partition coefficient (Wildman–Crippen LogP) is 3.48. The number of hydrogen-bond donors (Lipinski definition) is 1. The number of hydrogen-bond acceptors (Lipinski definition) is 2. The van der Waals surface area contributed by atoms with E-state index in [0.717, 1.165) is 0 Å². The van der Waals surface area contributed by atoms with Gasteiger partial charge in [-0.25, -0.2) is 18.6 Å². The molecule has 3 nitrogen and oxygen atoms in total. The second-order valence-corrected chi connectivity index (χ2v) is 3.42. The van der Waals surface area contributed by atoms with Gasteiger partial charge in [0, 0.05) is 0 Å².